The first-order chi connectivity index (χ1) is 14.6. The Balaban J connectivity index is 1.61. The van der Waals surface area contributed by atoms with Crippen molar-refractivity contribution in [3.63, 3.8) is 0 Å². The maximum Gasteiger partial charge on any atom is 0.312 e. The van der Waals surface area contributed by atoms with E-state index in [0.717, 1.165) is 22.6 Å². The molecule has 3 aromatic heterocycles. The van der Waals surface area contributed by atoms with E-state index in [1.54, 1.807) is 24.3 Å². The standard InChI is InChI=1S/C22H14N4O3S/c23-17-15-11-12-16(13-7-3-1-4-8-13)24-21(15)30-20(17)19(27)18-22(28)29-25-26(18)14-9-5-2-6-10-14/h1-12H,(H2-,23,25,27,28). The van der Waals surface area contributed by atoms with E-state index in [2.05, 4.69) is 10.3 Å². The summed E-state index contributed by atoms with van der Waals surface area (Å²) in [5.74, 6) is -1.37. The summed E-state index contributed by atoms with van der Waals surface area (Å²) in [6.07, 6.45) is 0. The van der Waals surface area contributed by atoms with Crippen molar-refractivity contribution in [3.05, 3.63) is 83.4 Å². The lowest BCUT2D eigenvalue weighted by Crippen LogP contribution is -2.39. The summed E-state index contributed by atoms with van der Waals surface area (Å²) in [5.41, 5.74) is 8.61. The largest absolute Gasteiger partial charge is 0.539 e. The molecule has 146 valence electrons. The number of hydrogen-bond acceptors (Lipinski definition) is 7. The molecule has 3 heterocycles. The number of nitrogens with two attached hydrogens (primary N) is 1. The van der Waals surface area contributed by atoms with Crippen LogP contribution in [0.25, 0.3) is 27.2 Å². The molecular weight excluding hydrogens is 400 g/mol. The first-order valence-corrected chi connectivity index (χ1v) is 9.88. The normalized spacial score (nSPS) is 11.1. The molecule has 2 N–H and O–H groups in total. The third-order valence-corrected chi connectivity index (χ3v) is 5.81. The highest BCUT2D eigenvalue weighted by Gasteiger charge is 2.32. The maximum atomic E-state index is 13.2. The summed E-state index contributed by atoms with van der Waals surface area (Å²) in [5, 5.41) is 16.7. The smallest absolute Gasteiger partial charge is 0.312 e. The summed E-state index contributed by atoms with van der Waals surface area (Å²) < 4.78 is 5.96. The maximum absolute atomic E-state index is 13.2. The highest BCUT2D eigenvalue weighted by atomic mass is 32.1. The van der Waals surface area contributed by atoms with Crippen molar-refractivity contribution in [1.29, 1.82) is 0 Å². The fourth-order valence-corrected chi connectivity index (χ4v) is 4.26. The number of thiophene rings is 1. The molecule has 7 nitrogen and oxygen atoms in total. The van der Waals surface area contributed by atoms with Crippen molar-refractivity contribution < 1.29 is 19.1 Å². The highest BCUT2D eigenvalue weighted by molar-refractivity contribution is 7.21. The third-order valence-electron chi connectivity index (χ3n) is 4.70. The van der Waals surface area contributed by atoms with Crippen molar-refractivity contribution in [1.82, 2.24) is 10.3 Å². The van der Waals surface area contributed by atoms with E-state index in [0.29, 0.717) is 15.9 Å². The van der Waals surface area contributed by atoms with Gasteiger partial charge in [0.1, 0.15) is 9.71 Å². The Hall–Kier alpha value is -4.04. The van der Waals surface area contributed by atoms with Crippen LogP contribution in [0.3, 0.4) is 0 Å². The quantitative estimate of drug-likeness (QED) is 0.357. The number of benzene rings is 2. The topological polar surface area (TPSA) is 109 Å². The minimum Gasteiger partial charge on any atom is -0.539 e. The van der Waals surface area contributed by atoms with Gasteiger partial charge in [0.05, 0.1) is 16.7 Å². The van der Waals surface area contributed by atoms with Crippen molar-refractivity contribution in [2.75, 3.05) is 5.73 Å². The second kappa shape index (κ2) is 7.09. The average molecular weight is 414 g/mol. The van der Waals surface area contributed by atoms with Crippen molar-refractivity contribution >= 4 is 33.0 Å². The summed E-state index contributed by atoms with van der Waals surface area (Å²) in [4.78, 5) is 18.8. The number of ketones is 1. The molecule has 30 heavy (non-hydrogen) atoms. The Morgan fingerprint density at radius 1 is 1.00 bits per heavy atom. The van der Waals surface area contributed by atoms with Gasteiger partial charge in [-0.15, -0.1) is 11.3 Å². The molecule has 5 aromatic rings. The zero-order valence-corrected chi connectivity index (χ0v) is 16.3. The number of carbonyl (C=O) groups excluding carboxylic acids is 1. The van der Waals surface area contributed by atoms with Crippen LogP contribution in [0.2, 0.25) is 0 Å². The van der Waals surface area contributed by atoms with Gasteiger partial charge >= 0.3 is 5.69 Å². The molecule has 0 radical (unpaired) electrons. The van der Waals surface area contributed by atoms with Crippen LogP contribution in [-0.2, 0) is 0 Å². The van der Waals surface area contributed by atoms with E-state index in [1.807, 2.05) is 48.5 Å². The van der Waals surface area contributed by atoms with Gasteiger partial charge in [0.25, 0.3) is 5.78 Å². The molecule has 2 aromatic carbocycles. The Kier molecular flexibility index (Phi) is 4.26. The first kappa shape index (κ1) is 18.0. The molecule has 0 aliphatic heterocycles. The molecule has 0 saturated carbocycles. The van der Waals surface area contributed by atoms with Crippen LogP contribution in [0.15, 0.2) is 77.3 Å². The Labute approximate surface area is 174 Å². The fourth-order valence-electron chi connectivity index (χ4n) is 3.23. The molecule has 5 rings (SSSR count). The molecule has 0 unspecified atom stereocenters. The molecule has 0 aliphatic carbocycles. The molecule has 0 amide bonds. The van der Waals surface area contributed by atoms with Gasteiger partial charge in [-0.05, 0) is 16.8 Å². The third kappa shape index (κ3) is 2.90. The minimum absolute atomic E-state index is 0.206. The van der Waals surface area contributed by atoms with E-state index < -0.39 is 11.7 Å². The van der Waals surface area contributed by atoms with Gasteiger partial charge in [0.15, 0.2) is 5.95 Å². The number of rotatable bonds is 4. The average Bonchev–Trinajstić information content (AvgIpc) is 3.34. The molecule has 0 aliphatic rings. The fraction of sp³-hybridized carbons (Fsp3) is 0. The number of hydrogen-bond donors (Lipinski definition) is 1. The second-order valence-corrected chi connectivity index (χ2v) is 7.54. The second-order valence-electron chi connectivity index (χ2n) is 6.55. The van der Waals surface area contributed by atoms with Crippen LogP contribution < -0.4 is 15.5 Å². The first-order valence-electron chi connectivity index (χ1n) is 9.07. The van der Waals surface area contributed by atoms with E-state index >= 15 is 0 Å². The lowest BCUT2D eigenvalue weighted by atomic mass is 10.1. The van der Waals surface area contributed by atoms with Crippen LogP contribution in [0.5, 0.6) is 5.95 Å². The van der Waals surface area contributed by atoms with E-state index in [4.69, 9.17) is 10.3 Å². The van der Waals surface area contributed by atoms with E-state index in [1.165, 1.54) is 4.68 Å². The SMILES string of the molecule is Nc1c(C(=O)c2c([O-])on[n+]2-c2ccccc2)sc2nc(-c3ccccc3)ccc12. The molecule has 0 spiro atoms. The molecule has 0 fully saturated rings. The molecule has 8 heteroatoms. The Bertz CT molecular complexity index is 1380. The molecular formula is C22H14N4O3S. The number of nitrogen functional groups attached to an aromatic ring is 1. The predicted octanol–water partition coefficient (Wildman–Crippen LogP) is 3.11. The van der Waals surface area contributed by atoms with Gasteiger partial charge < -0.3 is 15.4 Å². The van der Waals surface area contributed by atoms with Crippen LogP contribution >= 0.6 is 11.3 Å². The van der Waals surface area contributed by atoms with Crippen LogP contribution in [-0.4, -0.2) is 16.0 Å². The van der Waals surface area contributed by atoms with Crippen LogP contribution in [0.1, 0.15) is 15.4 Å². The minimum atomic E-state index is -0.821. The van der Waals surface area contributed by atoms with Crippen molar-refractivity contribution in [2.24, 2.45) is 0 Å². The van der Waals surface area contributed by atoms with E-state index in [-0.39, 0.29) is 16.3 Å². The van der Waals surface area contributed by atoms with Crippen molar-refractivity contribution in [3.8, 4) is 22.9 Å². The number of fused-ring (bicyclic) bond motifs is 1. The van der Waals surface area contributed by atoms with Crippen molar-refractivity contribution in [2.45, 2.75) is 0 Å². The Morgan fingerprint density at radius 2 is 1.70 bits per heavy atom. The van der Waals surface area contributed by atoms with Crippen LogP contribution in [0, 0.1) is 0 Å². The summed E-state index contributed by atoms with van der Waals surface area (Å²) in [7, 11) is 0. The monoisotopic (exact) mass is 414 g/mol. The Morgan fingerprint density at radius 3 is 2.43 bits per heavy atom. The lowest BCUT2D eigenvalue weighted by molar-refractivity contribution is -0.672. The van der Waals surface area contributed by atoms with Gasteiger partial charge in [0, 0.05) is 23.1 Å². The number of pyridine rings is 1. The van der Waals surface area contributed by atoms with Gasteiger partial charge in [-0.3, -0.25) is 4.79 Å². The molecule has 0 bridgehead atoms. The highest BCUT2D eigenvalue weighted by Crippen LogP contribution is 2.36. The predicted molar refractivity (Wildman–Crippen MR) is 110 cm³/mol. The summed E-state index contributed by atoms with van der Waals surface area (Å²) in [6.45, 7) is 0. The molecule has 0 saturated heterocycles. The number of carbonyl (C=O) groups is 1. The van der Waals surface area contributed by atoms with Crippen LogP contribution in [0.4, 0.5) is 5.69 Å². The summed E-state index contributed by atoms with van der Waals surface area (Å²) in [6, 6.07) is 22.2. The number of aromatic nitrogens is 3. The van der Waals surface area contributed by atoms with Gasteiger partial charge in [0.2, 0.25) is 5.69 Å². The zero-order valence-electron chi connectivity index (χ0n) is 15.5. The number of nitrogens with zero attached hydrogens (tertiary/aromatic N) is 3. The number of para-hydroxylation sites is 1. The lowest BCUT2D eigenvalue weighted by Gasteiger charge is -2.00. The molecule has 0 atom stereocenters. The zero-order chi connectivity index (χ0) is 20.7. The van der Waals surface area contributed by atoms with Gasteiger partial charge in [-0.25, -0.2) is 4.98 Å². The van der Waals surface area contributed by atoms with Gasteiger partial charge in [-0.2, -0.15) is 0 Å². The van der Waals surface area contributed by atoms with E-state index in [9.17, 15) is 9.90 Å². The van der Waals surface area contributed by atoms with Gasteiger partial charge in [-0.1, -0.05) is 48.5 Å². The number of anilines is 1. The summed E-state index contributed by atoms with van der Waals surface area (Å²) >= 11 is 1.14.